The summed E-state index contributed by atoms with van der Waals surface area (Å²) in [5.41, 5.74) is 0. The highest BCUT2D eigenvalue weighted by atomic mass is 16.2. The number of nitrogens with zero attached hydrogens (tertiary/aromatic N) is 3. The van der Waals surface area contributed by atoms with Crippen molar-refractivity contribution in [2.45, 2.75) is 33.2 Å². The van der Waals surface area contributed by atoms with E-state index in [9.17, 15) is 4.79 Å². The highest BCUT2D eigenvalue weighted by molar-refractivity contribution is 5.87. The topological polar surface area (TPSA) is 38.1 Å². The molecule has 1 aliphatic rings. The van der Waals surface area contributed by atoms with Gasteiger partial charge in [-0.05, 0) is 37.2 Å². The van der Waals surface area contributed by atoms with Gasteiger partial charge >= 0.3 is 0 Å². The number of hydrogen-bond donors (Lipinski definition) is 0. The minimum atomic E-state index is 0.0424. The van der Waals surface area contributed by atoms with Gasteiger partial charge in [0, 0.05) is 38.4 Å². The maximum absolute atomic E-state index is 11.6. The van der Waals surface area contributed by atoms with Crippen molar-refractivity contribution in [1.29, 1.82) is 0 Å². The van der Waals surface area contributed by atoms with E-state index >= 15 is 0 Å². The molecule has 0 bridgehead atoms. The van der Waals surface area contributed by atoms with Gasteiger partial charge in [-0.1, -0.05) is 19.4 Å². The van der Waals surface area contributed by atoms with Crippen molar-refractivity contribution >= 4 is 5.91 Å². The lowest BCUT2D eigenvalue weighted by Gasteiger charge is -2.18. The molecule has 1 aromatic rings. The predicted octanol–water partition coefficient (Wildman–Crippen LogP) is 2.32. The van der Waals surface area contributed by atoms with Gasteiger partial charge in [0.2, 0.25) is 5.91 Å². The predicted molar refractivity (Wildman–Crippen MR) is 83.4 cm³/mol. The van der Waals surface area contributed by atoms with Crippen LogP contribution in [0, 0.1) is 23.7 Å². The number of imidazole rings is 1. The normalized spacial score (nSPS) is 19.0. The fourth-order valence-corrected chi connectivity index (χ4v) is 2.73. The molecule has 1 amide bonds. The van der Waals surface area contributed by atoms with E-state index in [2.05, 4.69) is 37.3 Å². The zero-order chi connectivity index (χ0) is 15.2. The van der Waals surface area contributed by atoms with Crippen molar-refractivity contribution in [1.82, 2.24) is 14.5 Å². The number of likely N-dealkylation sites (tertiary alicyclic amines) is 1. The molecule has 1 saturated heterocycles. The highest BCUT2D eigenvalue weighted by Gasteiger charge is 2.28. The Morgan fingerprint density at radius 3 is 3.19 bits per heavy atom. The third-order valence-corrected chi connectivity index (χ3v) is 4.20. The molecular weight excluding hydrogens is 262 g/mol. The van der Waals surface area contributed by atoms with Crippen LogP contribution in [0.1, 0.15) is 32.5 Å². The van der Waals surface area contributed by atoms with Gasteiger partial charge in [0.15, 0.2) is 5.82 Å². The third kappa shape index (κ3) is 3.75. The summed E-state index contributed by atoms with van der Waals surface area (Å²) < 4.78 is 2.04. The van der Waals surface area contributed by atoms with Crippen LogP contribution in [0.5, 0.6) is 0 Å². The SMILES string of the molecule is C=CC(=O)N1CCC(C(C)CC#Cc2nccn2CC)C1. The van der Waals surface area contributed by atoms with E-state index in [0.717, 1.165) is 38.3 Å². The first-order valence-corrected chi connectivity index (χ1v) is 7.57. The summed E-state index contributed by atoms with van der Waals surface area (Å²) in [6, 6.07) is 0. The molecule has 2 rings (SSSR count). The van der Waals surface area contributed by atoms with Gasteiger partial charge in [-0.25, -0.2) is 4.98 Å². The number of carbonyl (C=O) groups is 1. The van der Waals surface area contributed by atoms with Gasteiger partial charge < -0.3 is 9.47 Å². The summed E-state index contributed by atoms with van der Waals surface area (Å²) in [5.74, 6) is 8.29. The monoisotopic (exact) mass is 285 g/mol. The molecule has 1 aromatic heterocycles. The molecule has 2 unspecified atom stereocenters. The molecule has 1 fully saturated rings. The molecule has 4 nitrogen and oxygen atoms in total. The highest BCUT2D eigenvalue weighted by Crippen LogP contribution is 2.26. The Hall–Kier alpha value is -2.02. The quantitative estimate of drug-likeness (QED) is 0.629. The van der Waals surface area contributed by atoms with E-state index in [4.69, 9.17) is 0 Å². The Labute approximate surface area is 126 Å². The van der Waals surface area contributed by atoms with Crippen molar-refractivity contribution in [2.24, 2.45) is 11.8 Å². The van der Waals surface area contributed by atoms with E-state index < -0.39 is 0 Å². The van der Waals surface area contributed by atoms with Crippen LogP contribution in [0.3, 0.4) is 0 Å². The lowest BCUT2D eigenvalue weighted by Crippen LogP contribution is -2.27. The zero-order valence-corrected chi connectivity index (χ0v) is 12.9. The van der Waals surface area contributed by atoms with Crippen molar-refractivity contribution in [3.63, 3.8) is 0 Å². The molecule has 0 saturated carbocycles. The van der Waals surface area contributed by atoms with Crippen LogP contribution in [0.15, 0.2) is 25.0 Å². The molecule has 0 spiro atoms. The van der Waals surface area contributed by atoms with E-state index in [1.807, 2.05) is 15.7 Å². The van der Waals surface area contributed by atoms with E-state index in [0.29, 0.717) is 11.8 Å². The maximum Gasteiger partial charge on any atom is 0.245 e. The minimum absolute atomic E-state index is 0.0424. The zero-order valence-electron chi connectivity index (χ0n) is 12.9. The van der Waals surface area contributed by atoms with E-state index in [1.54, 1.807) is 6.20 Å². The molecule has 2 atom stereocenters. The maximum atomic E-state index is 11.6. The summed E-state index contributed by atoms with van der Waals surface area (Å²) in [5, 5.41) is 0. The van der Waals surface area contributed by atoms with Crippen molar-refractivity contribution < 1.29 is 4.79 Å². The van der Waals surface area contributed by atoms with Gasteiger partial charge in [0.25, 0.3) is 0 Å². The lowest BCUT2D eigenvalue weighted by molar-refractivity contribution is -0.125. The third-order valence-electron chi connectivity index (χ3n) is 4.20. The molecule has 21 heavy (non-hydrogen) atoms. The Morgan fingerprint density at radius 2 is 2.48 bits per heavy atom. The number of rotatable bonds is 4. The second-order valence-corrected chi connectivity index (χ2v) is 5.56. The van der Waals surface area contributed by atoms with Crippen molar-refractivity contribution in [3.8, 4) is 11.8 Å². The standard InChI is InChI=1S/C17H23N3O/c1-4-17(21)20-11-9-15(13-20)14(3)7-6-8-16-18-10-12-19(16)5-2/h4,10,12,14-15H,1,5,7,9,11,13H2,2-3H3. The average Bonchev–Trinajstić information content (AvgIpc) is 3.15. The smallest absolute Gasteiger partial charge is 0.245 e. The Balaban J connectivity index is 1.87. The van der Waals surface area contributed by atoms with Crippen LogP contribution < -0.4 is 0 Å². The summed E-state index contributed by atoms with van der Waals surface area (Å²) in [7, 11) is 0. The fraction of sp³-hybridized carbons (Fsp3) is 0.529. The largest absolute Gasteiger partial charge is 0.339 e. The summed E-state index contributed by atoms with van der Waals surface area (Å²) in [4.78, 5) is 17.7. The Morgan fingerprint density at radius 1 is 1.67 bits per heavy atom. The van der Waals surface area contributed by atoms with Crippen LogP contribution in [0.25, 0.3) is 0 Å². The molecule has 0 aliphatic carbocycles. The molecule has 0 N–H and O–H groups in total. The first kappa shape index (κ1) is 15.4. The molecule has 2 heterocycles. The average molecular weight is 285 g/mol. The molecular formula is C17H23N3O. The van der Waals surface area contributed by atoms with Gasteiger partial charge in [0.05, 0.1) is 0 Å². The molecule has 1 aliphatic heterocycles. The molecule has 4 heteroatoms. The summed E-state index contributed by atoms with van der Waals surface area (Å²) in [6.45, 7) is 10.4. The second-order valence-electron chi connectivity index (χ2n) is 5.56. The minimum Gasteiger partial charge on any atom is -0.339 e. The van der Waals surface area contributed by atoms with Gasteiger partial charge in [-0.3, -0.25) is 4.79 Å². The van der Waals surface area contributed by atoms with E-state index in [-0.39, 0.29) is 5.91 Å². The summed E-state index contributed by atoms with van der Waals surface area (Å²) >= 11 is 0. The molecule has 0 aromatic carbocycles. The van der Waals surface area contributed by atoms with Crippen LogP contribution in [-0.2, 0) is 11.3 Å². The van der Waals surface area contributed by atoms with Gasteiger partial charge in [-0.2, -0.15) is 0 Å². The molecule has 112 valence electrons. The van der Waals surface area contributed by atoms with Gasteiger partial charge in [0.1, 0.15) is 0 Å². The van der Waals surface area contributed by atoms with Crippen LogP contribution >= 0.6 is 0 Å². The first-order valence-electron chi connectivity index (χ1n) is 7.57. The number of hydrogen-bond acceptors (Lipinski definition) is 2. The summed E-state index contributed by atoms with van der Waals surface area (Å²) in [6.07, 6.45) is 7.04. The van der Waals surface area contributed by atoms with Crippen molar-refractivity contribution in [2.75, 3.05) is 13.1 Å². The number of amides is 1. The van der Waals surface area contributed by atoms with Crippen LogP contribution in [0.4, 0.5) is 0 Å². The second kappa shape index (κ2) is 7.12. The Kier molecular flexibility index (Phi) is 5.21. The first-order chi connectivity index (χ1) is 10.2. The lowest BCUT2D eigenvalue weighted by atomic mass is 9.91. The molecule has 0 radical (unpaired) electrons. The van der Waals surface area contributed by atoms with Crippen LogP contribution in [0.2, 0.25) is 0 Å². The number of aromatic nitrogens is 2. The van der Waals surface area contributed by atoms with E-state index in [1.165, 1.54) is 6.08 Å². The Bertz CT molecular complexity index is 564. The van der Waals surface area contributed by atoms with Crippen molar-refractivity contribution in [3.05, 3.63) is 30.9 Å². The number of carbonyl (C=O) groups excluding carboxylic acids is 1. The van der Waals surface area contributed by atoms with Gasteiger partial charge in [-0.15, -0.1) is 0 Å². The number of aryl methyl sites for hydroxylation is 1. The van der Waals surface area contributed by atoms with Crippen LogP contribution in [-0.4, -0.2) is 33.4 Å². The fourth-order valence-electron chi connectivity index (χ4n) is 2.73.